The van der Waals surface area contributed by atoms with Gasteiger partial charge < -0.3 is 24.3 Å². The van der Waals surface area contributed by atoms with E-state index in [9.17, 15) is 14.4 Å². The lowest BCUT2D eigenvalue weighted by Crippen LogP contribution is -2.55. The number of aromatic nitrogens is 2. The van der Waals surface area contributed by atoms with Crippen LogP contribution in [0.4, 0.5) is 15.9 Å². The van der Waals surface area contributed by atoms with Crippen LogP contribution in [-0.4, -0.2) is 84.1 Å². The molecule has 0 radical (unpaired) electrons. The van der Waals surface area contributed by atoms with E-state index in [1.54, 1.807) is 0 Å². The predicted molar refractivity (Wildman–Crippen MR) is 159 cm³/mol. The second-order valence-corrected chi connectivity index (χ2v) is 12.3. The van der Waals surface area contributed by atoms with Crippen LogP contribution in [-0.2, 0) is 30.6 Å². The third-order valence-electron chi connectivity index (χ3n) is 9.41. The largest absolute Gasteiger partial charge is 0.462 e. The number of nitriles is 1. The Morgan fingerprint density at radius 1 is 1.14 bits per heavy atom. The first-order valence-corrected chi connectivity index (χ1v) is 15.2. The number of hydrogen-bond acceptors (Lipinski definition) is 8. The van der Waals surface area contributed by atoms with E-state index >= 15 is 0 Å². The minimum atomic E-state index is -1.000. The van der Waals surface area contributed by atoms with Crippen molar-refractivity contribution in [1.82, 2.24) is 19.8 Å². The quantitative estimate of drug-likeness (QED) is 0.464. The Hall–Kier alpha value is -3.71. The summed E-state index contributed by atoms with van der Waals surface area (Å²) < 4.78 is 20.1. The van der Waals surface area contributed by atoms with Crippen molar-refractivity contribution in [2.24, 2.45) is 5.92 Å². The van der Waals surface area contributed by atoms with Crippen LogP contribution in [0, 0.1) is 17.2 Å². The van der Waals surface area contributed by atoms with Gasteiger partial charge in [-0.1, -0.05) is 25.6 Å². The van der Waals surface area contributed by atoms with Crippen molar-refractivity contribution in [3.63, 3.8) is 0 Å². The Balaban J connectivity index is 1.31. The lowest BCUT2D eigenvalue weighted by atomic mass is 10.0. The number of likely N-dealkylation sites (tertiary alicyclic amines) is 1. The lowest BCUT2D eigenvalue weighted by Gasteiger charge is -2.42. The van der Waals surface area contributed by atoms with Gasteiger partial charge in [0.1, 0.15) is 12.4 Å². The first-order chi connectivity index (χ1) is 20.3. The van der Waals surface area contributed by atoms with Crippen molar-refractivity contribution in [2.45, 2.75) is 64.1 Å². The van der Waals surface area contributed by atoms with Gasteiger partial charge in [-0.05, 0) is 68.8 Å². The smallest absolute Gasteiger partial charge is 0.318 e. The van der Waals surface area contributed by atoms with Gasteiger partial charge in [0.25, 0.3) is 5.91 Å². The minimum Gasteiger partial charge on any atom is -0.462 e. The topological polar surface area (TPSA) is 88.8 Å². The van der Waals surface area contributed by atoms with E-state index in [0.717, 1.165) is 62.3 Å². The Kier molecular flexibility index (Phi) is 8.04. The molecule has 3 aliphatic heterocycles. The van der Waals surface area contributed by atoms with E-state index in [1.807, 2.05) is 0 Å². The summed E-state index contributed by atoms with van der Waals surface area (Å²) in [4.78, 5) is 30.7. The van der Waals surface area contributed by atoms with Gasteiger partial charge in [0, 0.05) is 43.5 Å². The third kappa shape index (κ3) is 5.54. The molecule has 1 amide bonds. The van der Waals surface area contributed by atoms with Crippen LogP contribution < -0.4 is 14.5 Å². The average Bonchev–Trinajstić information content (AvgIpc) is 3.58. The highest BCUT2D eigenvalue weighted by molar-refractivity contribution is 5.91. The number of ether oxygens (including phenoxy) is 1. The van der Waals surface area contributed by atoms with Gasteiger partial charge in [0.15, 0.2) is 5.83 Å². The monoisotopic (exact) mass is 573 g/mol. The first kappa shape index (κ1) is 28.4. The van der Waals surface area contributed by atoms with Gasteiger partial charge in [-0.25, -0.2) is 4.39 Å². The summed E-state index contributed by atoms with van der Waals surface area (Å²) >= 11 is 0. The van der Waals surface area contributed by atoms with Gasteiger partial charge >= 0.3 is 6.01 Å². The van der Waals surface area contributed by atoms with Crippen molar-refractivity contribution < 1.29 is 13.9 Å². The van der Waals surface area contributed by atoms with E-state index in [4.69, 9.17) is 14.7 Å². The zero-order valence-electron chi connectivity index (χ0n) is 24.7. The highest BCUT2D eigenvalue weighted by Gasteiger charge is 2.35. The molecule has 0 N–H and O–H groups in total. The molecule has 1 aliphatic carbocycles. The molecule has 2 aromatic rings. The number of carbonyl (C=O) groups is 1. The second kappa shape index (κ2) is 11.9. The van der Waals surface area contributed by atoms with Crippen molar-refractivity contribution in [1.29, 1.82) is 5.26 Å². The highest BCUT2D eigenvalue weighted by atomic mass is 19.1. The third-order valence-corrected chi connectivity index (χ3v) is 9.41. The van der Waals surface area contributed by atoms with Gasteiger partial charge in [0.2, 0.25) is 0 Å². The zero-order valence-corrected chi connectivity index (χ0v) is 24.7. The maximum absolute atomic E-state index is 13.8. The van der Waals surface area contributed by atoms with Crippen molar-refractivity contribution in [3.8, 4) is 12.1 Å². The molecule has 2 fully saturated rings. The molecule has 0 spiro atoms. The zero-order chi connectivity index (χ0) is 29.4. The standard InChI is InChI=1S/C32H40FN7O2/c1-21-16-23-6-4-8-29(27(23)17-21)38-13-10-26-28(19-38)35-32(42-20-25-7-5-12-37(25)3)36-30(26)39-14-15-40(31(41)22(2)33)24(18-39)9-11-34/h4,6,8,21,24-25H,2,5,7,9-10,12-20H2,1,3H3/t21-,24+,25+/m1/s1. The summed E-state index contributed by atoms with van der Waals surface area (Å²) in [6, 6.07) is 9.07. The van der Waals surface area contributed by atoms with Crippen LogP contribution in [0.5, 0.6) is 6.01 Å². The Morgan fingerprint density at radius 3 is 2.76 bits per heavy atom. The molecule has 0 bridgehead atoms. The number of benzene rings is 1. The number of likely N-dealkylation sites (N-methyl/N-ethyl adjacent to an activating group) is 1. The fraction of sp³-hybridized carbons (Fsp3) is 0.562. The van der Waals surface area contributed by atoms with E-state index in [1.165, 1.54) is 21.7 Å². The normalized spacial score (nSPS) is 23.9. The summed E-state index contributed by atoms with van der Waals surface area (Å²) in [6.45, 7) is 9.76. The molecule has 2 saturated heterocycles. The van der Waals surface area contributed by atoms with E-state index in [2.05, 4.69) is 59.5 Å². The Morgan fingerprint density at radius 2 is 2.00 bits per heavy atom. The first-order valence-electron chi connectivity index (χ1n) is 15.2. The molecule has 6 rings (SSSR count). The molecule has 3 atom stereocenters. The summed E-state index contributed by atoms with van der Waals surface area (Å²) in [5.74, 6) is -0.289. The molecule has 9 nitrogen and oxygen atoms in total. The van der Waals surface area contributed by atoms with Crippen LogP contribution in [0.25, 0.3) is 0 Å². The molecule has 4 heterocycles. The fourth-order valence-electron chi connectivity index (χ4n) is 7.17. The highest BCUT2D eigenvalue weighted by Crippen LogP contribution is 2.38. The molecule has 0 saturated carbocycles. The lowest BCUT2D eigenvalue weighted by molar-refractivity contribution is -0.131. The number of hydrogen-bond donors (Lipinski definition) is 0. The van der Waals surface area contributed by atoms with Crippen LogP contribution >= 0.6 is 0 Å². The number of carbonyl (C=O) groups excluding carboxylic acids is 1. The molecule has 4 aliphatic rings. The molecule has 1 aromatic heterocycles. The molecular formula is C32H40FN7O2. The van der Waals surface area contributed by atoms with Crippen molar-refractivity contribution >= 4 is 17.4 Å². The predicted octanol–water partition coefficient (Wildman–Crippen LogP) is 3.66. The van der Waals surface area contributed by atoms with Gasteiger partial charge in [0.05, 0.1) is 30.8 Å². The van der Waals surface area contributed by atoms with Crippen molar-refractivity contribution in [2.75, 3.05) is 56.2 Å². The summed E-state index contributed by atoms with van der Waals surface area (Å²) in [7, 11) is 2.12. The van der Waals surface area contributed by atoms with Crippen LogP contribution in [0.3, 0.4) is 0 Å². The van der Waals surface area contributed by atoms with Crippen LogP contribution in [0.1, 0.15) is 48.6 Å². The SMILES string of the molecule is C=C(F)C(=O)N1CCN(c2nc(OC[C@@H]3CCCN3C)nc3c2CCN(c2cccc4c2C[C@H](C)C4)C3)C[C@@H]1CC#N. The maximum atomic E-state index is 13.8. The van der Waals surface area contributed by atoms with Crippen LogP contribution in [0.15, 0.2) is 30.6 Å². The van der Waals surface area contributed by atoms with E-state index in [0.29, 0.717) is 44.2 Å². The molecular weight excluding hydrogens is 533 g/mol. The summed E-state index contributed by atoms with van der Waals surface area (Å²) in [5.41, 5.74) is 6.24. The number of anilines is 2. The fourth-order valence-corrected chi connectivity index (χ4v) is 7.17. The molecule has 1 aromatic carbocycles. The van der Waals surface area contributed by atoms with E-state index in [-0.39, 0.29) is 13.0 Å². The average molecular weight is 574 g/mol. The van der Waals surface area contributed by atoms with Crippen molar-refractivity contribution in [3.05, 3.63) is 53.0 Å². The van der Waals surface area contributed by atoms with E-state index < -0.39 is 17.8 Å². The van der Waals surface area contributed by atoms with Gasteiger partial charge in [-0.2, -0.15) is 15.2 Å². The number of halogens is 1. The molecule has 10 heteroatoms. The molecule has 0 unspecified atom stereocenters. The molecule has 222 valence electrons. The Labute approximate surface area is 247 Å². The number of rotatable bonds is 7. The summed E-state index contributed by atoms with van der Waals surface area (Å²) in [5, 5.41) is 9.49. The number of piperazine rings is 1. The summed E-state index contributed by atoms with van der Waals surface area (Å²) in [6.07, 6.45) is 5.35. The number of amides is 1. The molecule has 42 heavy (non-hydrogen) atoms. The maximum Gasteiger partial charge on any atom is 0.318 e. The Bertz CT molecular complexity index is 1410. The van der Waals surface area contributed by atoms with Crippen LogP contribution in [0.2, 0.25) is 0 Å². The minimum absolute atomic E-state index is 0.103. The second-order valence-electron chi connectivity index (χ2n) is 12.3. The number of nitrogens with zero attached hydrogens (tertiary/aromatic N) is 7. The van der Waals surface area contributed by atoms with Gasteiger partial charge in [-0.15, -0.1) is 0 Å². The van der Waals surface area contributed by atoms with Gasteiger partial charge in [-0.3, -0.25) is 4.79 Å². The number of fused-ring (bicyclic) bond motifs is 2.